The summed E-state index contributed by atoms with van der Waals surface area (Å²) in [5.41, 5.74) is 1.28. The second kappa shape index (κ2) is 8.13. The lowest BCUT2D eigenvalue weighted by Crippen LogP contribution is -2.20. The average molecular weight is 400 g/mol. The molecule has 4 rings (SSSR count). The Morgan fingerprint density at radius 2 is 1.60 bits per heavy atom. The molecule has 30 heavy (non-hydrogen) atoms. The fraction of sp³-hybridized carbons (Fsp3) is 0.0833. The summed E-state index contributed by atoms with van der Waals surface area (Å²) in [6.07, 6.45) is 1.54. The Kier molecular flexibility index (Phi) is 5.22. The van der Waals surface area contributed by atoms with Gasteiger partial charge in [-0.25, -0.2) is 4.57 Å². The van der Waals surface area contributed by atoms with Crippen molar-refractivity contribution in [1.82, 2.24) is 4.57 Å². The van der Waals surface area contributed by atoms with Crippen LogP contribution in [0, 0.1) is 0 Å². The number of fused-ring (bicyclic) bond motifs is 1. The van der Waals surface area contributed by atoms with Crippen LogP contribution in [-0.4, -0.2) is 30.1 Å². The quantitative estimate of drug-likeness (QED) is 0.502. The molecule has 0 aliphatic rings. The Morgan fingerprint density at radius 3 is 2.30 bits per heavy atom. The maximum Gasteiger partial charge on any atom is 0.265 e. The van der Waals surface area contributed by atoms with Gasteiger partial charge in [-0.1, -0.05) is 36.4 Å². The molecular weight excluding hydrogens is 380 g/mol. The van der Waals surface area contributed by atoms with Gasteiger partial charge in [0.1, 0.15) is 17.2 Å². The monoisotopic (exact) mass is 400 g/mol. The first-order valence-corrected chi connectivity index (χ1v) is 9.32. The van der Waals surface area contributed by atoms with Crippen LogP contribution in [0.2, 0.25) is 0 Å². The zero-order valence-electron chi connectivity index (χ0n) is 16.6. The minimum atomic E-state index is -0.298. The summed E-state index contributed by atoms with van der Waals surface area (Å²) < 4.78 is 11.9. The molecule has 3 aromatic carbocycles. The molecule has 1 N–H and O–H groups in total. The highest BCUT2D eigenvalue weighted by Gasteiger charge is 2.16. The van der Waals surface area contributed by atoms with Crippen LogP contribution in [0.4, 0.5) is 5.69 Å². The topological polar surface area (TPSA) is 73.0 Å². The molecule has 1 aromatic heterocycles. The van der Waals surface area contributed by atoms with E-state index >= 15 is 0 Å². The van der Waals surface area contributed by atoms with Gasteiger partial charge in [0.05, 0.1) is 25.5 Å². The lowest BCUT2D eigenvalue weighted by atomic mass is 10.1. The third-order valence-corrected chi connectivity index (χ3v) is 4.84. The maximum absolute atomic E-state index is 13.1. The van der Waals surface area contributed by atoms with Crippen molar-refractivity contribution >= 4 is 22.7 Å². The largest absolute Gasteiger partial charge is 0.497 e. The Bertz CT molecular complexity index is 1290. The summed E-state index contributed by atoms with van der Waals surface area (Å²) in [6.45, 7) is 0. The first-order chi connectivity index (χ1) is 14.6. The van der Waals surface area contributed by atoms with Crippen LogP contribution >= 0.6 is 0 Å². The molecule has 0 spiro atoms. The van der Waals surface area contributed by atoms with Crippen molar-refractivity contribution in [3.8, 4) is 23.1 Å². The van der Waals surface area contributed by atoms with Crippen LogP contribution in [-0.2, 0) is 0 Å². The van der Waals surface area contributed by atoms with Crippen molar-refractivity contribution in [2.75, 3.05) is 14.2 Å². The van der Waals surface area contributed by atoms with E-state index in [4.69, 9.17) is 9.47 Å². The van der Waals surface area contributed by atoms with Gasteiger partial charge in [-0.3, -0.25) is 9.79 Å². The van der Waals surface area contributed by atoms with Gasteiger partial charge in [0.15, 0.2) is 0 Å². The van der Waals surface area contributed by atoms with E-state index in [1.54, 1.807) is 69.0 Å². The van der Waals surface area contributed by atoms with Crippen molar-refractivity contribution in [3.63, 3.8) is 0 Å². The Balaban J connectivity index is 1.93. The number of aromatic hydroxyl groups is 1. The van der Waals surface area contributed by atoms with Crippen molar-refractivity contribution in [2.24, 2.45) is 4.99 Å². The zero-order valence-corrected chi connectivity index (χ0v) is 16.6. The van der Waals surface area contributed by atoms with Crippen molar-refractivity contribution < 1.29 is 14.6 Å². The minimum Gasteiger partial charge on any atom is -0.497 e. The number of pyridine rings is 1. The molecule has 0 bridgehead atoms. The molecule has 0 saturated heterocycles. The highest BCUT2D eigenvalue weighted by molar-refractivity contribution is 6.02. The molecule has 0 radical (unpaired) electrons. The molecule has 4 aromatic rings. The average Bonchev–Trinajstić information content (AvgIpc) is 2.80. The minimum absolute atomic E-state index is 0.180. The van der Waals surface area contributed by atoms with E-state index in [9.17, 15) is 9.90 Å². The summed E-state index contributed by atoms with van der Waals surface area (Å²) in [5.74, 6) is 1.00. The van der Waals surface area contributed by atoms with Crippen molar-refractivity contribution in [1.29, 1.82) is 0 Å². The fourth-order valence-corrected chi connectivity index (χ4v) is 3.33. The predicted molar refractivity (Wildman–Crippen MR) is 118 cm³/mol. The standard InChI is InChI=1S/C24H20N2O4/c1-29-17-12-13-21(22(14-17)30-2)25-15-20-18-10-6-7-11-19(18)23(27)26(24(20)28)16-8-4-3-5-9-16/h3-15,28H,1-2H3. The van der Waals surface area contributed by atoms with Crippen LogP contribution in [0.3, 0.4) is 0 Å². The first kappa shape index (κ1) is 19.3. The van der Waals surface area contributed by atoms with Crippen molar-refractivity contribution in [3.05, 3.63) is 88.7 Å². The van der Waals surface area contributed by atoms with E-state index in [0.717, 1.165) is 0 Å². The molecule has 0 atom stereocenters. The highest BCUT2D eigenvalue weighted by Crippen LogP contribution is 2.32. The van der Waals surface area contributed by atoms with Gasteiger partial charge in [0, 0.05) is 23.1 Å². The number of rotatable bonds is 5. The summed E-state index contributed by atoms with van der Waals surface area (Å²) in [5, 5.41) is 12.1. The fourth-order valence-electron chi connectivity index (χ4n) is 3.33. The lowest BCUT2D eigenvalue weighted by Gasteiger charge is -2.13. The Hall–Kier alpha value is -4.06. The van der Waals surface area contributed by atoms with E-state index in [1.165, 1.54) is 4.57 Å². The van der Waals surface area contributed by atoms with Crippen LogP contribution in [0.5, 0.6) is 17.4 Å². The number of nitrogens with zero attached hydrogens (tertiary/aromatic N) is 2. The van der Waals surface area contributed by atoms with Gasteiger partial charge in [0.2, 0.25) is 5.88 Å². The number of ether oxygens (including phenoxy) is 2. The van der Waals surface area contributed by atoms with Crippen molar-refractivity contribution in [2.45, 2.75) is 0 Å². The van der Waals surface area contributed by atoms with Gasteiger partial charge in [-0.05, 0) is 30.3 Å². The molecule has 1 heterocycles. The number of hydrogen-bond donors (Lipinski definition) is 1. The molecule has 0 saturated carbocycles. The van der Waals surface area contributed by atoms with E-state index in [0.29, 0.717) is 39.2 Å². The van der Waals surface area contributed by atoms with Gasteiger partial charge < -0.3 is 14.6 Å². The van der Waals surface area contributed by atoms with Crippen LogP contribution in [0.15, 0.2) is 82.6 Å². The number of hydrogen-bond acceptors (Lipinski definition) is 5. The van der Waals surface area contributed by atoms with Gasteiger partial charge in [0.25, 0.3) is 5.56 Å². The van der Waals surface area contributed by atoms with Crippen LogP contribution in [0.25, 0.3) is 16.5 Å². The van der Waals surface area contributed by atoms with Gasteiger partial charge in [-0.15, -0.1) is 0 Å². The SMILES string of the molecule is COc1ccc(N=Cc2c(O)n(-c3ccccc3)c(=O)c3ccccc23)c(OC)c1. The van der Waals surface area contributed by atoms with E-state index in [-0.39, 0.29) is 11.4 Å². The van der Waals surface area contributed by atoms with Crippen LogP contribution in [0.1, 0.15) is 5.56 Å². The zero-order chi connectivity index (χ0) is 21.1. The molecule has 0 unspecified atom stereocenters. The Morgan fingerprint density at radius 1 is 0.900 bits per heavy atom. The number of benzene rings is 3. The molecule has 0 aliphatic carbocycles. The molecular formula is C24H20N2O4. The number of para-hydroxylation sites is 1. The first-order valence-electron chi connectivity index (χ1n) is 9.32. The third kappa shape index (κ3) is 3.39. The Labute approximate surface area is 173 Å². The second-order valence-electron chi connectivity index (χ2n) is 6.55. The smallest absolute Gasteiger partial charge is 0.265 e. The highest BCUT2D eigenvalue weighted by atomic mass is 16.5. The molecule has 0 aliphatic heterocycles. The molecule has 0 amide bonds. The summed E-state index contributed by atoms with van der Waals surface area (Å²) in [4.78, 5) is 17.6. The molecule has 6 heteroatoms. The van der Waals surface area contributed by atoms with E-state index in [2.05, 4.69) is 4.99 Å². The number of aliphatic imine (C=N–C) groups is 1. The summed E-state index contributed by atoms with van der Waals surface area (Å²) in [7, 11) is 3.13. The molecule has 0 fully saturated rings. The number of aromatic nitrogens is 1. The van der Waals surface area contributed by atoms with Crippen LogP contribution < -0.4 is 15.0 Å². The van der Waals surface area contributed by atoms with E-state index in [1.807, 2.05) is 24.3 Å². The lowest BCUT2D eigenvalue weighted by molar-refractivity contribution is 0.395. The predicted octanol–water partition coefficient (Wildman–Crippen LogP) is 4.46. The van der Waals surface area contributed by atoms with Gasteiger partial charge in [-0.2, -0.15) is 0 Å². The maximum atomic E-state index is 13.1. The van der Waals surface area contributed by atoms with E-state index < -0.39 is 0 Å². The summed E-state index contributed by atoms with van der Waals surface area (Å²) >= 11 is 0. The van der Waals surface area contributed by atoms with Gasteiger partial charge >= 0.3 is 0 Å². The normalized spacial score (nSPS) is 11.1. The second-order valence-corrected chi connectivity index (χ2v) is 6.55. The third-order valence-electron chi connectivity index (χ3n) is 4.84. The molecule has 6 nitrogen and oxygen atoms in total. The number of methoxy groups -OCH3 is 2. The summed E-state index contributed by atoms with van der Waals surface area (Å²) in [6, 6.07) is 21.4. The molecule has 150 valence electrons.